The van der Waals surface area contributed by atoms with Crippen molar-refractivity contribution in [3.8, 4) is 5.88 Å². The first-order valence-corrected chi connectivity index (χ1v) is 9.54. The van der Waals surface area contributed by atoms with Gasteiger partial charge >= 0.3 is 0 Å². The Morgan fingerprint density at radius 3 is 2.86 bits per heavy atom. The van der Waals surface area contributed by atoms with E-state index in [9.17, 15) is 4.79 Å². The van der Waals surface area contributed by atoms with Crippen LogP contribution in [0.3, 0.4) is 0 Å². The van der Waals surface area contributed by atoms with Crippen molar-refractivity contribution in [2.45, 2.75) is 18.4 Å². The van der Waals surface area contributed by atoms with Gasteiger partial charge < -0.3 is 14.1 Å². The van der Waals surface area contributed by atoms with Crippen LogP contribution in [0.15, 0.2) is 52.9 Å². The number of nitrogens with one attached hydrogen (secondary N) is 1. The van der Waals surface area contributed by atoms with Crippen LogP contribution in [-0.2, 0) is 16.8 Å². The van der Waals surface area contributed by atoms with E-state index >= 15 is 0 Å². The summed E-state index contributed by atoms with van der Waals surface area (Å²) in [6.45, 7) is 0.251. The van der Waals surface area contributed by atoms with Gasteiger partial charge in [0.15, 0.2) is 16.7 Å². The third-order valence-corrected chi connectivity index (χ3v) is 5.71. The Bertz CT molecular complexity index is 1160. The van der Waals surface area contributed by atoms with Crippen LogP contribution in [0.2, 0.25) is 5.22 Å². The minimum Gasteiger partial charge on any atom is -0.481 e. The van der Waals surface area contributed by atoms with Crippen molar-refractivity contribution in [1.29, 1.82) is 5.41 Å². The van der Waals surface area contributed by atoms with E-state index in [0.717, 1.165) is 16.9 Å². The molecule has 0 aliphatic carbocycles. The predicted molar refractivity (Wildman–Crippen MR) is 107 cm³/mol. The van der Waals surface area contributed by atoms with Crippen LogP contribution in [0.4, 0.5) is 11.4 Å². The average Bonchev–Trinajstić information content (AvgIpc) is 3.23. The van der Waals surface area contributed by atoms with E-state index in [-0.39, 0.29) is 24.1 Å². The Labute approximate surface area is 171 Å². The molecule has 0 saturated carbocycles. The zero-order valence-electron chi connectivity index (χ0n) is 15.6. The number of carbonyl (C=O) groups is 1. The van der Waals surface area contributed by atoms with Gasteiger partial charge in [0.05, 0.1) is 20.1 Å². The SMILES string of the molecule is COc1ccc2c(n1)C1(CC(=N)[NH2+]2)C(=O)N(Cc2ccc(Cl)o2)c2ccccc21. The van der Waals surface area contributed by atoms with Crippen molar-refractivity contribution in [2.75, 3.05) is 12.0 Å². The number of amidine groups is 1. The second-order valence-corrected chi connectivity index (χ2v) is 7.53. The van der Waals surface area contributed by atoms with Crippen LogP contribution >= 0.6 is 11.6 Å². The second kappa shape index (κ2) is 6.43. The van der Waals surface area contributed by atoms with E-state index in [2.05, 4.69) is 4.98 Å². The third-order valence-electron chi connectivity index (χ3n) is 5.51. The first-order chi connectivity index (χ1) is 14.0. The summed E-state index contributed by atoms with van der Waals surface area (Å²) in [7, 11) is 1.55. The highest BCUT2D eigenvalue weighted by molar-refractivity contribution is 6.28. The van der Waals surface area contributed by atoms with E-state index in [0.29, 0.717) is 23.2 Å². The predicted octanol–water partition coefficient (Wildman–Crippen LogP) is 2.75. The number of halogens is 1. The fourth-order valence-corrected chi connectivity index (χ4v) is 4.47. The Morgan fingerprint density at radius 2 is 2.10 bits per heavy atom. The van der Waals surface area contributed by atoms with E-state index in [1.165, 1.54) is 0 Å². The van der Waals surface area contributed by atoms with Crippen LogP contribution in [0, 0.1) is 5.41 Å². The van der Waals surface area contributed by atoms with Gasteiger partial charge in [-0.2, -0.15) is 0 Å². The van der Waals surface area contributed by atoms with Gasteiger partial charge in [0.2, 0.25) is 11.8 Å². The monoisotopic (exact) mass is 409 g/mol. The number of furan rings is 1. The molecule has 2 aliphatic rings. The van der Waals surface area contributed by atoms with Gasteiger partial charge in [-0.15, -0.1) is 0 Å². The molecule has 146 valence electrons. The quantitative estimate of drug-likeness (QED) is 0.695. The number of nitrogens with two attached hydrogens (primary N) is 1. The van der Waals surface area contributed by atoms with Gasteiger partial charge in [-0.05, 0) is 35.4 Å². The number of benzene rings is 1. The highest BCUT2D eigenvalue weighted by Crippen LogP contribution is 2.50. The Balaban J connectivity index is 1.71. The normalized spacial score (nSPS) is 20.1. The fraction of sp³-hybridized carbons (Fsp3) is 0.190. The molecule has 0 bridgehead atoms. The summed E-state index contributed by atoms with van der Waals surface area (Å²) in [5, 5.41) is 10.4. The molecule has 1 unspecified atom stereocenters. The summed E-state index contributed by atoms with van der Waals surface area (Å²) in [6.07, 6.45) is 0.241. The number of hydrogen-bond donors (Lipinski definition) is 2. The number of para-hydroxylation sites is 1. The number of quaternary nitrogens is 1. The molecule has 8 heteroatoms. The molecule has 0 saturated heterocycles. The molecule has 1 aromatic carbocycles. The third kappa shape index (κ3) is 2.58. The molecule has 5 rings (SSSR count). The number of ether oxygens (including phenoxy) is 1. The van der Waals surface area contributed by atoms with Crippen molar-refractivity contribution in [3.05, 3.63) is 70.8 Å². The van der Waals surface area contributed by atoms with Crippen molar-refractivity contribution >= 4 is 34.7 Å². The standard InChI is InChI=1S/C21H17ClN4O3/c1-28-18-9-7-14-19(25-18)21(10-17(23)24-14)13-4-2-3-5-15(13)26(20(21)27)11-12-6-8-16(22)29-12/h2-9H,10-11H2,1H3,(H2,23,24)/p+1. The molecule has 3 aromatic rings. The number of aromatic nitrogens is 1. The number of carbonyl (C=O) groups excluding carboxylic acids is 1. The molecule has 0 radical (unpaired) electrons. The van der Waals surface area contributed by atoms with Crippen molar-refractivity contribution in [2.24, 2.45) is 0 Å². The van der Waals surface area contributed by atoms with Crippen LogP contribution in [0.25, 0.3) is 0 Å². The largest absolute Gasteiger partial charge is 0.481 e. The van der Waals surface area contributed by atoms with Gasteiger partial charge in [-0.25, -0.2) is 4.98 Å². The number of pyridine rings is 1. The number of anilines is 1. The molecule has 29 heavy (non-hydrogen) atoms. The number of hydrogen-bond acceptors (Lipinski definition) is 5. The molecule has 2 aromatic heterocycles. The molecule has 1 amide bonds. The van der Waals surface area contributed by atoms with Gasteiger partial charge in [0.25, 0.3) is 0 Å². The van der Waals surface area contributed by atoms with Crippen molar-refractivity contribution in [3.63, 3.8) is 0 Å². The lowest BCUT2D eigenvalue weighted by Gasteiger charge is -2.31. The van der Waals surface area contributed by atoms with E-state index < -0.39 is 5.41 Å². The maximum atomic E-state index is 13.9. The van der Waals surface area contributed by atoms with Crippen LogP contribution in [-0.4, -0.2) is 23.8 Å². The summed E-state index contributed by atoms with van der Waals surface area (Å²) in [4.78, 5) is 20.3. The van der Waals surface area contributed by atoms with E-state index in [1.54, 1.807) is 35.5 Å². The second-order valence-electron chi connectivity index (χ2n) is 7.16. The lowest BCUT2D eigenvalue weighted by molar-refractivity contribution is -0.453. The highest BCUT2D eigenvalue weighted by Gasteiger charge is 2.58. The fourth-order valence-electron chi connectivity index (χ4n) is 4.31. The zero-order valence-corrected chi connectivity index (χ0v) is 16.4. The van der Waals surface area contributed by atoms with Gasteiger partial charge in [-0.3, -0.25) is 15.5 Å². The number of methoxy groups -OCH3 is 1. The number of nitrogens with zero attached hydrogens (tertiary/aromatic N) is 2. The molecule has 0 fully saturated rings. The van der Waals surface area contributed by atoms with Gasteiger partial charge in [0.1, 0.15) is 16.9 Å². The average molecular weight is 410 g/mol. The molecule has 1 atom stereocenters. The van der Waals surface area contributed by atoms with Crippen molar-refractivity contribution < 1.29 is 19.3 Å². The molecular formula is C21H18ClN4O3+. The summed E-state index contributed by atoms with van der Waals surface area (Å²) in [5.74, 6) is 1.28. The number of fused-ring (bicyclic) bond motifs is 4. The van der Waals surface area contributed by atoms with Gasteiger partial charge in [0, 0.05) is 17.8 Å². The highest BCUT2D eigenvalue weighted by atomic mass is 35.5. The molecular weight excluding hydrogens is 392 g/mol. The summed E-state index contributed by atoms with van der Waals surface area (Å²) < 4.78 is 10.8. The summed E-state index contributed by atoms with van der Waals surface area (Å²) in [6, 6.07) is 14.7. The van der Waals surface area contributed by atoms with Crippen LogP contribution in [0.5, 0.6) is 5.88 Å². The lowest BCUT2D eigenvalue weighted by Crippen LogP contribution is -2.85. The first-order valence-electron chi connectivity index (χ1n) is 9.16. The zero-order chi connectivity index (χ0) is 20.2. The van der Waals surface area contributed by atoms with E-state index in [4.69, 9.17) is 26.2 Å². The topological polar surface area (TPSA) is 96.0 Å². The summed E-state index contributed by atoms with van der Waals surface area (Å²) >= 11 is 5.92. The number of amides is 1. The van der Waals surface area contributed by atoms with Gasteiger partial charge in [-0.1, -0.05) is 18.2 Å². The molecule has 1 spiro atoms. The van der Waals surface area contributed by atoms with E-state index in [1.807, 2.05) is 30.3 Å². The molecule has 3 N–H and O–H groups in total. The smallest absolute Gasteiger partial charge is 0.245 e. The minimum atomic E-state index is -1.07. The maximum absolute atomic E-state index is 13.9. The molecule has 2 aliphatic heterocycles. The van der Waals surface area contributed by atoms with Crippen LogP contribution in [0.1, 0.15) is 23.4 Å². The number of rotatable bonds is 3. The minimum absolute atomic E-state index is 0.133. The molecule has 7 nitrogen and oxygen atoms in total. The van der Waals surface area contributed by atoms with Crippen LogP contribution < -0.4 is 15.0 Å². The molecule has 4 heterocycles. The Hall–Kier alpha value is -3.16. The summed E-state index contributed by atoms with van der Waals surface area (Å²) in [5.41, 5.74) is 1.93. The lowest BCUT2D eigenvalue weighted by atomic mass is 9.72. The Kier molecular flexibility index (Phi) is 3.97. The maximum Gasteiger partial charge on any atom is 0.245 e. The Morgan fingerprint density at radius 1 is 1.28 bits per heavy atom. The van der Waals surface area contributed by atoms with Crippen molar-refractivity contribution in [1.82, 2.24) is 4.98 Å². The first kappa shape index (κ1) is 17.9.